The molecule has 1 saturated carbocycles. The maximum atomic E-state index is 13.0. The first-order chi connectivity index (χ1) is 12.7. The summed E-state index contributed by atoms with van der Waals surface area (Å²) >= 11 is 1.64. The molecular formula is C21H23NO3S. The number of nitrogens with zero attached hydrogens (tertiary/aromatic N) is 1. The summed E-state index contributed by atoms with van der Waals surface area (Å²) in [4.78, 5) is 29.8. The quantitative estimate of drug-likeness (QED) is 0.425. The third kappa shape index (κ3) is 4.52. The second-order valence-corrected chi connectivity index (χ2v) is 7.60. The molecule has 1 fully saturated rings. The minimum atomic E-state index is -0.154. The molecule has 0 aliphatic heterocycles. The van der Waals surface area contributed by atoms with Crippen LogP contribution in [0.3, 0.4) is 0 Å². The highest BCUT2D eigenvalue weighted by Gasteiger charge is 2.31. The van der Waals surface area contributed by atoms with Crippen molar-refractivity contribution in [1.29, 1.82) is 0 Å². The normalized spacial score (nSPS) is 19.7. The number of esters is 1. The Morgan fingerprint density at radius 1 is 1.08 bits per heavy atom. The lowest BCUT2D eigenvalue weighted by molar-refractivity contribution is -0.146. The molecule has 3 rings (SSSR count). The Balaban J connectivity index is 1.65. The van der Waals surface area contributed by atoms with E-state index in [-0.39, 0.29) is 23.6 Å². The summed E-state index contributed by atoms with van der Waals surface area (Å²) in [5, 5.41) is 0. The second kappa shape index (κ2) is 8.99. The molecule has 0 radical (unpaired) electrons. The van der Waals surface area contributed by atoms with E-state index in [0.29, 0.717) is 0 Å². The van der Waals surface area contributed by atoms with Crippen LogP contribution in [0.2, 0.25) is 0 Å². The van der Waals surface area contributed by atoms with Crippen molar-refractivity contribution in [3.8, 4) is 0 Å². The van der Waals surface area contributed by atoms with Crippen molar-refractivity contribution in [2.75, 3.05) is 7.11 Å². The van der Waals surface area contributed by atoms with Gasteiger partial charge in [0.05, 0.1) is 13.0 Å². The minimum Gasteiger partial charge on any atom is -0.469 e. The molecule has 0 atom stereocenters. The van der Waals surface area contributed by atoms with E-state index in [4.69, 9.17) is 4.74 Å². The van der Waals surface area contributed by atoms with Crippen molar-refractivity contribution in [2.24, 2.45) is 11.8 Å². The van der Waals surface area contributed by atoms with E-state index in [2.05, 4.69) is 17.1 Å². The van der Waals surface area contributed by atoms with E-state index in [1.807, 2.05) is 24.3 Å². The molecule has 1 aromatic heterocycles. The number of benzene rings is 1. The zero-order valence-corrected chi connectivity index (χ0v) is 15.7. The summed E-state index contributed by atoms with van der Waals surface area (Å²) in [5.41, 5.74) is 1.97. The summed E-state index contributed by atoms with van der Waals surface area (Å²) in [6, 6.07) is 12.0. The van der Waals surface area contributed by atoms with E-state index < -0.39 is 0 Å². The predicted octanol–water partition coefficient (Wildman–Crippen LogP) is 4.54. The predicted molar refractivity (Wildman–Crippen MR) is 102 cm³/mol. The van der Waals surface area contributed by atoms with Crippen LogP contribution in [0, 0.1) is 11.8 Å². The molecule has 0 N–H and O–H groups in total. The summed E-state index contributed by atoms with van der Waals surface area (Å²) in [5.74, 6) is 0.745. The number of hydrogen-bond donors (Lipinski definition) is 0. The van der Waals surface area contributed by atoms with E-state index in [1.165, 1.54) is 12.7 Å². The van der Waals surface area contributed by atoms with Gasteiger partial charge in [0, 0.05) is 34.5 Å². The molecule has 2 aromatic rings. The van der Waals surface area contributed by atoms with Crippen molar-refractivity contribution in [3.63, 3.8) is 0 Å². The monoisotopic (exact) mass is 369 g/mol. The highest BCUT2D eigenvalue weighted by molar-refractivity contribution is 7.98. The number of carbonyl (C=O) groups is 2. The van der Waals surface area contributed by atoms with Crippen molar-refractivity contribution in [2.45, 2.75) is 36.3 Å². The maximum Gasteiger partial charge on any atom is 0.308 e. The number of pyridine rings is 1. The Morgan fingerprint density at radius 3 is 2.46 bits per heavy atom. The van der Waals surface area contributed by atoms with Gasteiger partial charge in [-0.2, -0.15) is 0 Å². The molecule has 0 bridgehead atoms. The molecular weight excluding hydrogens is 346 g/mol. The first-order valence-electron chi connectivity index (χ1n) is 8.92. The zero-order chi connectivity index (χ0) is 18.4. The lowest BCUT2D eigenvalue weighted by Crippen LogP contribution is -2.27. The van der Waals surface area contributed by atoms with Crippen molar-refractivity contribution in [1.82, 2.24) is 4.98 Å². The van der Waals surface area contributed by atoms with Gasteiger partial charge in [0.15, 0.2) is 5.78 Å². The Hall–Kier alpha value is -2.14. The number of aromatic nitrogens is 1. The second-order valence-electron chi connectivity index (χ2n) is 6.58. The summed E-state index contributed by atoms with van der Waals surface area (Å²) in [6.45, 7) is 0. The Bertz CT molecular complexity index is 755. The van der Waals surface area contributed by atoms with E-state index >= 15 is 0 Å². The van der Waals surface area contributed by atoms with Crippen LogP contribution in [0.4, 0.5) is 0 Å². The highest BCUT2D eigenvalue weighted by Crippen LogP contribution is 2.34. The first kappa shape index (κ1) is 18.6. The van der Waals surface area contributed by atoms with E-state index in [0.717, 1.165) is 41.9 Å². The fourth-order valence-corrected chi connectivity index (χ4v) is 4.39. The van der Waals surface area contributed by atoms with E-state index in [9.17, 15) is 9.59 Å². The molecule has 0 spiro atoms. The smallest absolute Gasteiger partial charge is 0.308 e. The third-order valence-electron chi connectivity index (χ3n) is 4.92. The number of carbonyl (C=O) groups excluding carboxylic acids is 2. The summed E-state index contributed by atoms with van der Waals surface area (Å²) < 4.78 is 4.83. The average Bonchev–Trinajstić information content (AvgIpc) is 2.72. The van der Waals surface area contributed by atoms with Gasteiger partial charge < -0.3 is 4.74 Å². The molecule has 0 saturated heterocycles. The summed E-state index contributed by atoms with van der Waals surface area (Å²) in [7, 11) is 1.42. The molecule has 0 amide bonds. The Kier molecular flexibility index (Phi) is 6.45. The van der Waals surface area contributed by atoms with Crippen molar-refractivity contribution >= 4 is 23.5 Å². The molecule has 1 aliphatic carbocycles. The van der Waals surface area contributed by atoms with Crippen LogP contribution in [0.15, 0.2) is 53.7 Å². The Morgan fingerprint density at radius 2 is 1.77 bits per heavy atom. The van der Waals surface area contributed by atoms with Gasteiger partial charge in [0.2, 0.25) is 0 Å². The largest absolute Gasteiger partial charge is 0.469 e. The van der Waals surface area contributed by atoms with Gasteiger partial charge in [0.1, 0.15) is 0 Å². The van der Waals surface area contributed by atoms with Crippen molar-refractivity contribution < 1.29 is 14.3 Å². The van der Waals surface area contributed by atoms with Gasteiger partial charge in [-0.15, -0.1) is 11.8 Å². The topological polar surface area (TPSA) is 56.3 Å². The number of Topliss-reactive ketones (excluding diaryl/α,β-unsaturated/α-hetero) is 1. The number of rotatable bonds is 6. The van der Waals surface area contributed by atoms with Gasteiger partial charge in [-0.05, 0) is 37.3 Å². The summed E-state index contributed by atoms with van der Waals surface area (Å²) in [6.07, 6.45) is 6.38. The van der Waals surface area contributed by atoms with Gasteiger partial charge >= 0.3 is 5.97 Å². The minimum absolute atomic E-state index is 0.0191. The molecule has 1 heterocycles. The molecule has 1 aromatic carbocycles. The van der Waals surface area contributed by atoms with E-state index in [1.54, 1.807) is 24.2 Å². The van der Waals surface area contributed by atoms with Crippen LogP contribution < -0.4 is 0 Å². The molecule has 26 heavy (non-hydrogen) atoms. The van der Waals surface area contributed by atoms with Crippen LogP contribution in [-0.2, 0) is 15.3 Å². The fourth-order valence-electron chi connectivity index (χ4n) is 3.41. The number of hydrogen-bond acceptors (Lipinski definition) is 5. The van der Waals surface area contributed by atoms with Gasteiger partial charge in [-0.1, -0.05) is 30.3 Å². The highest BCUT2D eigenvalue weighted by atomic mass is 32.2. The average molecular weight is 369 g/mol. The zero-order valence-electron chi connectivity index (χ0n) is 14.9. The van der Waals surface area contributed by atoms with Gasteiger partial charge in [-0.3, -0.25) is 14.6 Å². The van der Waals surface area contributed by atoms with Gasteiger partial charge in [0.25, 0.3) is 0 Å². The number of thioether (sulfide) groups is 1. The van der Waals surface area contributed by atoms with Crippen LogP contribution in [0.25, 0.3) is 0 Å². The number of ketones is 1. The molecule has 4 nitrogen and oxygen atoms in total. The lowest BCUT2D eigenvalue weighted by Gasteiger charge is -2.26. The first-order valence-corrected chi connectivity index (χ1v) is 9.90. The lowest BCUT2D eigenvalue weighted by atomic mass is 9.79. The molecule has 1 aliphatic rings. The molecule has 136 valence electrons. The van der Waals surface area contributed by atoms with Crippen molar-refractivity contribution in [3.05, 3.63) is 59.9 Å². The standard InChI is InChI=1S/C21H23NO3S/c1-25-21(24)17-9-7-16(8-10-17)20(23)18-11-12-22-13-19(18)26-14-15-5-3-2-4-6-15/h2-6,11-13,16-17H,7-10,14H2,1H3. The fraction of sp³-hybridized carbons (Fsp3) is 0.381. The Labute approximate surface area is 158 Å². The van der Waals surface area contributed by atoms with Crippen LogP contribution in [0.1, 0.15) is 41.6 Å². The van der Waals surface area contributed by atoms with Crippen LogP contribution >= 0.6 is 11.8 Å². The maximum absolute atomic E-state index is 13.0. The van der Waals surface area contributed by atoms with Crippen LogP contribution in [0.5, 0.6) is 0 Å². The number of methoxy groups -OCH3 is 1. The van der Waals surface area contributed by atoms with Crippen LogP contribution in [-0.4, -0.2) is 23.8 Å². The molecule has 5 heteroatoms. The van der Waals surface area contributed by atoms with Gasteiger partial charge in [-0.25, -0.2) is 0 Å². The third-order valence-corrected chi connectivity index (χ3v) is 6.03. The number of ether oxygens (including phenoxy) is 1. The molecule has 0 unspecified atom stereocenters. The SMILES string of the molecule is COC(=O)C1CCC(C(=O)c2ccncc2SCc2ccccc2)CC1.